The van der Waals surface area contributed by atoms with Crippen LogP contribution in [0.4, 0.5) is 0 Å². The second-order valence-electron chi connectivity index (χ2n) is 6.37. The Morgan fingerprint density at radius 2 is 1.80 bits per heavy atom. The third kappa shape index (κ3) is 8.28. The van der Waals surface area contributed by atoms with Crippen molar-refractivity contribution >= 4 is 5.91 Å². The van der Waals surface area contributed by atoms with Gasteiger partial charge < -0.3 is 14.8 Å². The van der Waals surface area contributed by atoms with Crippen LogP contribution in [0.15, 0.2) is 18.2 Å². The molecule has 0 unspecified atom stereocenters. The van der Waals surface area contributed by atoms with Crippen LogP contribution in [0, 0.1) is 5.92 Å². The number of benzene rings is 1. The number of aryl methyl sites for hydroxylation is 1. The molecule has 142 valence electrons. The molecule has 0 saturated carbocycles. The van der Waals surface area contributed by atoms with Crippen LogP contribution in [0.3, 0.4) is 0 Å². The van der Waals surface area contributed by atoms with E-state index in [1.807, 2.05) is 32.0 Å². The molecule has 0 aliphatic carbocycles. The predicted molar refractivity (Wildman–Crippen MR) is 103 cm³/mol. The van der Waals surface area contributed by atoms with Crippen LogP contribution < -0.4 is 14.8 Å². The quantitative estimate of drug-likeness (QED) is 0.559. The molecule has 0 spiro atoms. The molecule has 0 aliphatic heterocycles. The van der Waals surface area contributed by atoms with Crippen molar-refractivity contribution in [1.82, 2.24) is 5.32 Å². The van der Waals surface area contributed by atoms with E-state index >= 15 is 0 Å². The molecule has 1 aromatic carbocycles. The lowest BCUT2D eigenvalue weighted by molar-refractivity contribution is -0.121. The number of hydrogen-bond acceptors (Lipinski definition) is 3. The Morgan fingerprint density at radius 3 is 2.44 bits per heavy atom. The Kier molecular flexibility index (Phi) is 10.8. The van der Waals surface area contributed by atoms with E-state index in [-0.39, 0.29) is 5.91 Å². The highest BCUT2D eigenvalue weighted by Crippen LogP contribution is 2.29. The molecule has 0 heterocycles. The minimum absolute atomic E-state index is 0.127. The number of nitrogens with one attached hydrogen (secondary N) is 1. The number of amides is 1. The summed E-state index contributed by atoms with van der Waals surface area (Å²) in [4.78, 5) is 12.1. The maximum atomic E-state index is 12.1. The number of ether oxygens (including phenoxy) is 2. The molecule has 1 N–H and O–H groups in total. The Balaban J connectivity index is 2.48. The van der Waals surface area contributed by atoms with E-state index < -0.39 is 0 Å². The molecular formula is C21H35NO3. The van der Waals surface area contributed by atoms with Crippen molar-refractivity contribution < 1.29 is 14.3 Å². The van der Waals surface area contributed by atoms with Crippen molar-refractivity contribution in [3.05, 3.63) is 23.8 Å². The first kappa shape index (κ1) is 21.3. The van der Waals surface area contributed by atoms with E-state index in [1.165, 1.54) is 19.3 Å². The monoisotopic (exact) mass is 349 g/mol. The van der Waals surface area contributed by atoms with E-state index in [9.17, 15) is 4.79 Å². The van der Waals surface area contributed by atoms with Crippen LogP contribution in [0.5, 0.6) is 11.5 Å². The molecule has 4 nitrogen and oxygen atoms in total. The van der Waals surface area contributed by atoms with Crippen molar-refractivity contribution in [1.29, 1.82) is 0 Å². The summed E-state index contributed by atoms with van der Waals surface area (Å²) in [5.74, 6) is 2.24. The van der Waals surface area contributed by atoms with E-state index in [0.29, 0.717) is 32.0 Å². The van der Waals surface area contributed by atoms with Crippen LogP contribution in [0.1, 0.15) is 65.4 Å². The lowest BCUT2D eigenvalue weighted by atomic mass is 9.99. The van der Waals surface area contributed by atoms with Gasteiger partial charge in [0.15, 0.2) is 11.5 Å². The van der Waals surface area contributed by atoms with Gasteiger partial charge in [-0.05, 0) is 50.3 Å². The fourth-order valence-corrected chi connectivity index (χ4v) is 2.80. The van der Waals surface area contributed by atoms with E-state index in [0.717, 1.165) is 30.0 Å². The number of unbranched alkanes of at least 4 members (excludes halogenated alkanes) is 1. The van der Waals surface area contributed by atoms with E-state index in [1.54, 1.807) is 0 Å². The second-order valence-corrected chi connectivity index (χ2v) is 6.37. The SMILES string of the molecule is CCCC[C@@H](CC)CNC(=O)CCc1ccc(OCC)c(OCC)c1. The normalized spacial score (nSPS) is 11.8. The first-order valence-corrected chi connectivity index (χ1v) is 9.79. The summed E-state index contributed by atoms with van der Waals surface area (Å²) in [5.41, 5.74) is 1.10. The highest BCUT2D eigenvalue weighted by molar-refractivity contribution is 5.76. The highest BCUT2D eigenvalue weighted by Gasteiger charge is 2.10. The zero-order chi connectivity index (χ0) is 18.5. The molecule has 0 saturated heterocycles. The van der Waals surface area contributed by atoms with Gasteiger partial charge >= 0.3 is 0 Å². The third-order valence-corrected chi connectivity index (χ3v) is 4.38. The zero-order valence-electron chi connectivity index (χ0n) is 16.4. The van der Waals surface area contributed by atoms with Gasteiger partial charge in [0.1, 0.15) is 0 Å². The van der Waals surface area contributed by atoms with Crippen molar-refractivity contribution in [2.24, 2.45) is 5.92 Å². The van der Waals surface area contributed by atoms with Crippen molar-refractivity contribution in [2.45, 2.75) is 66.2 Å². The lowest BCUT2D eigenvalue weighted by Gasteiger charge is -2.15. The maximum absolute atomic E-state index is 12.1. The van der Waals surface area contributed by atoms with E-state index in [2.05, 4.69) is 19.2 Å². The summed E-state index contributed by atoms with van der Waals surface area (Å²) in [6.45, 7) is 10.3. The van der Waals surface area contributed by atoms with Crippen molar-refractivity contribution in [2.75, 3.05) is 19.8 Å². The predicted octanol–water partition coefficient (Wildman–Crippen LogP) is 4.75. The summed E-state index contributed by atoms with van der Waals surface area (Å²) in [6.07, 6.45) is 5.99. The van der Waals surface area contributed by atoms with Gasteiger partial charge in [-0.25, -0.2) is 0 Å². The molecule has 0 aliphatic rings. The third-order valence-electron chi connectivity index (χ3n) is 4.38. The van der Waals surface area contributed by atoms with Gasteiger partial charge in [0.25, 0.3) is 0 Å². The number of carbonyl (C=O) groups is 1. The Morgan fingerprint density at radius 1 is 1.08 bits per heavy atom. The molecule has 0 aromatic heterocycles. The van der Waals surface area contributed by atoms with Gasteiger partial charge in [0, 0.05) is 13.0 Å². The van der Waals surface area contributed by atoms with Gasteiger partial charge in [-0.1, -0.05) is 39.2 Å². The van der Waals surface area contributed by atoms with Gasteiger partial charge in [-0.2, -0.15) is 0 Å². The molecule has 1 aromatic rings. The Labute approximate surface area is 153 Å². The summed E-state index contributed by atoms with van der Waals surface area (Å²) in [5, 5.41) is 3.09. The van der Waals surface area contributed by atoms with Crippen LogP contribution in [-0.4, -0.2) is 25.7 Å². The molecule has 25 heavy (non-hydrogen) atoms. The number of hydrogen-bond donors (Lipinski definition) is 1. The average Bonchev–Trinajstić information content (AvgIpc) is 2.62. The first-order valence-electron chi connectivity index (χ1n) is 9.79. The van der Waals surface area contributed by atoms with Crippen LogP contribution in [0.2, 0.25) is 0 Å². The highest BCUT2D eigenvalue weighted by atomic mass is 16.5. The van der Waals surface area contributed by atoms with Crippen molar-refractivity contribution in [3.8, 4) is 11.5 Å². The van der Waals surface area contributed by atoms with Crippen LogP contribution in [-0.2, 0) is 11.2 Å². The molecule has 4 heteroatoms. The van der Waals surface area contributed by atoms with Crippen LogP contribution in [0.25, 0.3) is 0 Å². The summed E-state index contributed by atoms with van der Waals surface area (Å²) in [7, 11) is 0. The molecule has 1 atom stereocenters. The average molecular weight is 350 g/mol. The smallest absolute Gasteiger partial charge is 0.220 e. The number of carbonyl (C=O) groups excluding carboxylic acids is 1. The Bertz CT molecular complexity index is 502. The van der Waals surface area contributed by atoms with Crippen LogP contribution >= 0.6 is 0 Å². The van der Waals surface area contributed by atoms with Gasteiger partial charge in [-0.15, -0.1) is 0 Å². The zero-order valence-corrected chi connectivity index (χ0v) is 16.4. The van der Waals surface area contributed by atoms with Gasteiger partial charge in [0.2, 0.25) is 5.91 Å². The maximum Gasteiger partial charge on any atom is 0.220 e. The molecular weight excluding hydrogens is 314 g/mol. The summed E-state index contributed by atoms with van der Waals surface area (Å²) in [6, 6.07) is 5.92. The van der Waals surface area contributed by atoms with E-state index in [4.69, 9.17) is 9.47 Å². The second kappa shape index (κ2) is 12.6. The van der Waals surface area contributed by atoms with Gasteiger partial charge in [-0.3, -0.25) is 4.79 Å². The molecule has 0 radical (unpaired) electrons. The number of rotatable bonds is 13. The largest absolute Gasteiger partial charge is 0.490 e. The van der Waals surface area contributed by atoms with Gasteiger partial charge in [0.05, 0.1) is 13.2 Å². The lowest BCUT2D eigenvalue weighted by Crippen LogP contribution is -2.29. The summed E-state index contributed by atoms with van der Waals surface area (Å²) < 4.78 is 11.2. The standard InChI is InChI=1S/C21H35NO3/c1-5-9-10-17(6-2)16-22-21(23)14-12-18-11-13-19(24-7-3)20(15-18)25-8-4/h11,13,15,17H,5-10,12,14,16H2,1-4H3,(H,22,23)/t17-/m1/s1. The fraction of sp³-hybridized carbons (Fsp3) is 0.667. The topological polar surface area (TPSA) is 47.6 Å². The fourth-order valence-electron chi connectivity index (χ4n) is 2.80. The minimum Gasteiger partial charge on any atom is -0.490 e. The molecule has 0 fully saturated rings. The molecule has 1 rings (SSSR count). The van der Waals surface area contributed by atoms with Crippen molar-refractivity contribution in [3.63, 3.8) is 0 Å². The molecule has 1 amide bonds. The minimum atomic E-state index is 0.127. The Hall–Kier alpha value is -1.71. The molecule has 0 bridgehead atoms. The first-order chi connectivity index (χ1) is 12.1. The summed E-state index contributed by atoms with van der Waals surface area (Å²) >= 11 is 0.